The zero-order chi connectivity index (χ0) is 14.7. The molecule has 2 aromatic rings. The van der Waals surface area contributed by atoms with Gasteiger partial charge in [0.05, 0.1) is 16.9 Å². The lowest BCUT2D eigenvalue weighted by Crippen LogP contribution is -2.19. The van der Waals surface area contributed by atoms with Gasteiger partial charge in [0, 0.05) is 12.2 Å². The first-order chi connectivity index (χ1) is 9.56. The Morgan fingerprint density at radius 3 is 2.40 bits per heavy atom. The van der Waals surface area contributed by atoms with Gasteiger partial charge in [-0.3, -0.25) is 0 Å². The molecule has 0 fully saturated rings. The molecule has 0 bridgehead atoms. The van der Waals surface area contributed by atoms with E-state index < -0.39 is 5.97 Å². The van der Waals surface area contributed by atoms with Crippen molar-refractivity contribution in [2.24, 2.45) is 0 Å². The second kappa shape index (κ2) is 5.65. The number of carboxylic acids is 1. The van der Waals surface area contributed by atoms with Crippen LogP contribution in [0.4, 0.5) is 17.1 Å². The van der Waals surface area contributed by atoms with Crippen molar-refractivity contribution >= 4 is 23.0 Å². The third-order valence-corrected chi connectivity index (χ3v) is 3.33. The number of aromatic carboxylic acids is 1. The molecule has 4 nitrogen and oxygen atoms in total. The van der Waals surface area contributed by atoms with Crippen LogP contribution in [0.2, 0.25) is 0 Å². The SMILES string of the molecule is CCN(c1ccccc1C)c1cccc(C(=O)O)c1N. The molecule has 0 spiro atoms. The summed E-state index contributed by atoms with van der Waals surface area (Å²) in [6.45, 7) is 4.74. The Morgan fingerprint density at radius 1 is 1.15 bits per heavy atom. The maximum absolute atomic E-state index is 11.2. The van der Waals surface area contributed by atoms with Gasteiger partial charge in [0.15, 0.2) is 0 Å². The van der Waals surface area contributed by atoms with Crippen molar-refractivity contribution in [2.45, 2.75) is 13.8 Å². The lowest BCUT2D eigenvalue weighted by atomic mass is 10.1. The number of carbonyl (C=O) groups is 1. The number of nitrogens with two attached hydrogens (primary N) is 1. The van der Waals surface area contributed by atoms with E-state index in [1.807, 2.05) is 49.1 Å². The number of rotatable bonds is 4. The molecule has 0 aliphatic heterocycles. The molecule has 0 heterocycles. The third kappa shape index (κ3) is 2.45. The van der Waals surface area contributed by atoms with Crippen LogP contribution in [0.3, 0.4) is 0 Å². The Balaban J connectivity index is 2.56. The fourth-order valence-electron chi connectivity index (χ4n) is 2.31. The van der Waals surface area contributed by atoms with Crippen molar-refractivity contribution in [3.05, 3.63) is 53.6 Å². The van der Waals surface area contributed by atoms with E-state index >= 15 is 0 Å². The van der Waals surface area contributed by atoms with Gasteiger partial charge in [0.25, 0.3) is 0 Å². The first kappa shape index (κ1) is 13.9. The summed E-state index contributed by atoms with van der Waals surface area (Å²) in [7, 11) is 0. The largest absolute Gasteiger partial charge is 0.478 e. The summed E-state index contributed by atoms with van der Waals surface area (Å²) < 4.78 is 0. The molecule has 2 rings (SSSR count). The predicted octanol–water partition coefficient (Wildman–Crippen LogP) is 3.43. The van der Waals surface area contributed by atoms with Gasteiger partial charge in [-0.2, -0.15) is 0 Å². The van der Waals surface area contributed by atoms with Crippen molar-refractivity contribution in [1.29, 1.82) is 0 Å². The number of aryl methyl sites for hydroxylation is 1. The van der Waals surface area contributed by atoms with Crippen LogP contribution in [-0.4, -0.2) is 17.6 Å². The number of hydrogen-bond donors (Lipinski definition) is 2. The van der Waals surface area contributed by atoms with Gasteiger partial charge in [-0.05, 0) is 37.6 Å². The minimum atomic E-state index is -1.01. The zero-order valence-corrected chi connectivity index (χ0v) is 11.6. The number of carboxylic acid groups (broad SMARTS) is 1. The molecule has 0 aromatic heterocycles. The second-order valence-electron chi connectivity index (χ2n) is 4.57. The highest BCUT2D eigenvalue weighted by Crippen LogP contribution is 2.33. The Labute approximate surface area is 118 Å². The van der Waals surface area contributed by atoms with E-state index in [0.29, 0.717) is 12.2 Å². The van der Waals surface area contributed by atoms with Crippen LogP contribution in [0.1, 0.15) is 22.8 Å². The van der Waals surface area contributed by atoms with Gasteiger partial charge in [-0.1, -0.05) is 24.3 Å². The maximum Gasteiger partial charge on any atom is 0.337 e. The van der Waals surface area contributed by atoms with Crippen molar-refractivity contribution in [3.63, 3.8) is 0 Å². The Hall–Kier alpha value is -2.49. The predicted molar refractivity (Wildman–Crippen MR) is 81.7 cm³/mol. The molecule has 0 amide bonds. The van der Waals surface area contributed by atoms with Crippen molar-refractivity contribution in [1.82, 2.24) is 0 Å². The number of nitrogen functional groups attached to an aromatic ring is 1. The molecule has 0 atom stereocenters. The van der Waals surface area contributed by atoms with Gasteiger partial charge >= 0.3 is 5.97 Å². The summed E-state index contributed by atoms with van der Waals surface area (Å²) >= 11 is 0. The van der Waals surface area contributed by atoms with Crippen molar-refractivity contribution < 1.29 is 9.90 Å². The first-order valence-electron chi connectivity index (χ1n) is 6.51. The van der Waals surface area contributed by atoms with Crippen LogP contribution in [0.25, 0.3) is 0 Å². The fourth-order valence-corrected chi connectivity index (χ4v) is 2.31. The van der Waals surface area contributed by atoms with E-state index in [2.05, 4.69) is 0 Å². The van der Waals surface area contributed by atoms with E-state index in [1.165, 1.54) is 6.07 Å². The van der Waals surface area contributed by atoms with Gasteiger partial charge in [-0.25, -0.2) is 4.79 Å². The smallest absolute Gasteiger partial charge is 0.337 e. The maximum atomic E-state index is 11.2. The average molecular weight is 270 g/mol. The minimum absolute atomic E-state index is 0.134. The molecule has 2 aromatic carbocycles. The lowest BCUT2D eigenvalue weighted by Gasteiger charge is -2.26. The molecule has 4 heteroatoms. The Bertz CT molecular complexity index is 638. The molecule has 0 aliphatic carbocycles. The number of nitrogens with zero attached hydrogens (tertiary/aromatic N) is 1. The van der Waals surface area contributed by atoms with E-state index in [-0.39, 0.29) is 5.56 Å². The minimum Gasteiger partial charge on any atom is -0.478 e. The Kier molecular flexibility index (Phi) is 3.94. The van der Waals surface area contributed by atoms with Crippen LogP contribution < -0.4 is 10.6 Å². The van der Waals surface area contributed by atoms with E-state index in [1.54, 1.807) is 6.07 Å². The molecular weight excluding hydrogens is 252 g/mol. The van der Waals surface area contributed by atoms with Gasteiger partial charge in [-0.15, -0.1) is 0 Å². The molecule has 20 heavy (non-hydrogen) atoms. The zero-order valence-electron chi connectivity index (χ0n) is 11.6. The summed E-state index contributed by atoms with van der Waals surface area (Å²) in [5.74, 6) is -1.01. The highest BCUT2D eigenvalue weighted by molar-refractivity contribution is 5.98. The highest BCUT2D eigenvalue weighted by Gasteiger charge is 2.17. The molecule has 3 N–H and O–H groups in total. The monoisotopic (exact) mass is 270 g/mol. The number of para-hydroxylation sites is 2. The molecular formula is C16H18N2O2. The third-order valence-electron chi connectivity index (χ3n) is 3.33. The summed E-state index contributed by atoms with van der Waals surface area (Å²) in [5.41, 5.74) is 9.33. The van der Waals surface area contributed by atoms with E-state index in [9.17, 15) is 9.90 Å². The van der Waals surface area contributed by atoms with E-state index in [0.717, 1.165) is 16.9 Å². The highest BCUT2D eigenvalue weighted by atomic mass is 16.4. The molecule has 104 valence electrons. The molecule has 0 saturated carbocycles. The van der Waals surface area contributed by atoms with Gasteiger partial charge in [0.2, 0.25) is 0 Å². The fraction of sp³-hybridized carbons (Fsp3) is 0.188. The van der Waals surface area contributed by atoms with Crippen LogP contribution in [-0.2, 0) is 0 Å². The molecule has 0 unspecified atom stereocenters. The van der Waals surface area contributed by atoms with Gasteiger partial charge < -0.3 is 15.7 Å². The van der Waals surface area contributed by atoms with Crippen molar-refractivity contribution in [2.75, 3.05) is 17.2 Å². The molecule has 0 saturated heterocycles. The topological polar surface area (TPSA) is 66.6 Å². The van der Waals surface area contributed by atoms with Crippen LogP contribution in [0.15, 0.2) is 42.5 Å². The van der Waals surface area contributed by atoms with Gasteiger partial charge in [0.1, 0.15) is 0 Å². The summed E-state index contributed by atoms with van der Waals surface area (Å²) in [6.07, 6.45) is 0. The van der Waals surface area contributed by atoms with Crippen LogP contribution in [0.5, 0.6) is 0 Å². The summed E-state index contributed by atoms with van der Waals surface area (Å²) in [4.78, 5) is 13.2. The van der Waals surface area contributed by atoms with Crippen LogP contribution >= 0.6 is 0 Å². The molecule has 0 aliphatic rings. The van der Waals surface area contributed by atoms with E-state index in [4.69, 9.17) is 5.73 Å². The number of hydrogen-bond acceptors (Lipinski definition) is 3. The summed E-state index contributed by atoms with van der Waals surface area (Å²) in [6, 6.07) is 13.0. The normalized spacial score (nSPS) is 10.3. The average Bonchev–Trinajstić information content (AvgIpc) is 2.43. The van der Waals surface area contributed by atoms with Crippen molar-refractivity contribution in [3.8, 4) is 0 Å². The lowest BCUT2D eigenvalue weighted by molar-refractivity contribution is 0.0698. The Morgan fingerprint density at radius 2 is 1.80 bits per heavy atom. The second-order valence-corrected chi connectivity index (χ2v) is 4.57. The number of benzene rings is 2. The standard InChI is InChI=1S/C16H18N2O2/c1-3-18(13-9-5-4-7-11(13)2)14-10-6-8-12(15(14)17)16(19)20/h4-10H,3,17H2,1-2H3,(H,19,20). The quantitative estimate of drug-likeness (QED) is 0.835. The molecule has 0 radical (unpaired) electrons. The van der Waals surface area contributed by atoms with Crippen LogP contribution in [0, 0.1) is 6.92 Å². The summed E-state index contributed by atoms with van der Waals surface area (Å²) in [5, 5.41) is 9.17. The number of anilines is 3. The first-order valence-corrected chi connectivity index (χ1v) is 6.51.